The monoisotopic (exact) mass is 390 g/mol. The fraction of sp³-hybridized carbons (Fsp3) is 0.500. The first kappa shape index (κ1) is 19.7. The number of hydrogen-bond acceptors (Lipinski definition) is 4. The summed E-state index contributed by atoms with van der Waals surface area (Å²) >= 11 is 0. The van der Waals surface area contributed by atoms with Gasteiger partial charge < -0.3 is 15.0 Å². The SMILES string of the molecule is COc1ccc2c(c1)CCN(C(=O)Cn1ccc(C3CCCNC3)n1)C2.Cl. The van der Waals surface area contributed by atoms with E-state index in [0.717, 1.165) is 37.5 Å². The van der Waals surface area contributed by atoms with Crippen LogP contribution in [-0.2, 0) is 24.3 Å². The van der Waals surface area contributed by atoms with Crippen LogP contribution in [0, 0.1) is 0 Å². The van der Waals surface area contributed by atoms with E-state index in [0.29, 0.717) is 19.0 Å². The zero-order valence-corrected chi connectivity index (χ0v) is 16.5. The van der Waals surface area contributed by atoms with Crippen molar-refractivity contribution in [3.05, 3.63) is 47.3 Å². The van der Waals surface area contributed by atoms with E-state index in [1.165, 1.54) is 24.0 Å². The third-order valence-electron chi connectivity index (χ3n) is 5.45. The maximum absolute atomic E-state index is 12.7. The second kappa shape index (κ2) is 8.76. The lowest BCUT2D eigenvalue weighted by atomic mass is 9.97. The minimum atomic E-state index is 0. The molecule has 0 saturated carbocycles. The lowest BCUT2D eigenvalue weighted by Gasteiger charge is -2.29. The molecule has 0 bridgehead atoms. The molecular weight excluding hydrogens is 364 g/mol. The molecule has 0 aliphatic carbocycles. The molecule has 1 atom stereocenters. The van der Waals surface area contributed by atoms with Gasteiger partial charge in [-0.25, -0.2) is 0 Å². The Morgan fingerprint density at radius 1 is 1.33 bits per heavy atom. The van der Waals surface area contributed by atoms with Crippen LogP contribution in [0.3, 0.4) is 0 Å². The Bertz CT molecular complexity index is 786. The number of fused-ring (bicyclic) bond motifs is 1. The predicted octanol–water partition coefficient (Wildman–Crippen LogP) is 2.37. The first-order valence-corrected chi connectivity index (χ1v) is 9.40. The van der Waals surface area contributed by atoms with Crippen LogP contribution in [0.25, 0.3) is 0 Å². The first-order chi connectivity index (χ1) is 12.7. The summed E-state index contributed by atoms with van der Waals surface area (Å²) in [5.74, 6) is 1.48. The van der Waals surface area contributed by atoms with Crippen molar-refractivity contribution in [2.75, 3.05) is 26.7 Å². The number of methoxy groups -OCH3 is 1. The molecule has 1 aromatic heterocycles. The fourth-order valence-corrected chi connectivity index (χ4v) is 3.90. The maximum Gasteiger partial charge on any atom is 0.244 e. The first-order valence-electron chi connectivity index (χ1n) is 9.40. The summed E-state index contributed by atoms with van der Waals surface area (Å²) in [6.07, 6.45) is 5.17. The number of aromatic nitrogens is 2. The van der Waals surface area contributed by atoms with Crippen LogP contribution in [0.2, 0.25) is 0 Å². The summed E-state index contributed by atoms with van der Waals surface area (Å²) in [7, 11) is 1.68. The highest BCUT2D eigenvalue weighted by atomic mass is 35.5. The number of nitrogens with zero attached hydrogens (tertiary/aromatic N) is 3. The van der Waals surface area contributed by atoms with Crippen LogP contribution in [0.1, 0.15) is 35.6 Å². The maximum atomic E-state index is 12.7. The van der Waals surface area contributed by atoms with E-state index in [2.05, 4.69) is 28.6 Å². The second-order valence-electron chi connectivity index (χ2n) is 7.18. The zero-order chi connectivity index (χ0) is 17.9. The topological polar surface area (TPSA) is 59.4 Å². The molecule has 7 heteroatoms. The van der Waals surface area contributed by atoms with Gasteiger partial charge >= 0.3 is 0 Å². The summed E-state index contributed by atoms with van der Waals surface area (Å²) in [4.78, 5) is 14.6. The normalized spacial score (nSPS) is 19.1. The van der Waals surface area contributed by atoms with Crippen molar-refractivity contribution >= 4 is 18.3 Å². The summed E-state index contributed by atoms with van der Waals surface area (Å²) < 4.78 is 7.08. The van der Waals surface area contributed by atoms with Crippen molar-refractivity contribution in [3.63, 3.8) is 0 Å². The van der Waals surface area contributed by atoms with Crippen LogP contribution in [0.15, 0.2) is 30.5 Å². The third kappa shape index (κ3) is 4.45. The van der Waals surface area contributed by atoms with Crippen molar-refractivity contribution in [2.45, 2.75) is 38.3 Å². The molecule has 1 unspecified atom stereocenters. The van der Waals surface area contributed by atoms with Crippen molar-refractivity contribution in [1.82, 2.24) is 20.0 Å². The van der Waals surface area contributed by atoms with Gasteiger partial charge in [-0.3, -0.25) is 9.48 Å². The highest BCUT2D eigenvalue weighted by Crippen LogP contribution is 2.24. The Kier molecular flexibility index (Phi) is 6.39. The molecule has 2 aliphatic heterocycles. The number of carbonyl (C=O) groups excluding carboxylic acids is 1. The Morgan fingerprint density at radius 3 is 3.00 bits per heavy atom. The van der Waals surface area contributed by atoms with Gasteiger partial charge in [-0.05, 0) is 55.1 Å². The van der Waals surface area contributed by atoms with E-state index < -0.39 is 0 Å². The summed E-state index contributed by atoms with van der Waals surface area (Å²) in [6.45, 7) is 3.81. The number of ether oxygens (including phenoxy) is 1. The quantitative estimate of drug-likeness (QED) is 0.870. The van der Waals surface area contributed by atoms with Gasteiger partial charge in [0.25, 0.3) is 0 Å². The van der Waals surface area contributed by atoms with Gasteiger partial charge in [0.1, 0.15) is 12.3 Å². The molecule has 27 heavy (non-hydrogen) atoms. The van der Waals surface area contributed by atoms with Gasteiger partial charge in [0.15, 0.2) is 0 Å². The molecule has 1 fully saturated rings. The lowest BCUT2D eigenvalue weighted by molar-refractivity contribution is -0.133. The van der Waals surface area contributed by atoms with Crippen LogP contribution in [-0.4, -0.2) is 47.3 Å². The smallest absolute Gasteiger partial charge is 0.244 e. The highest BCUT2D eigenvalue weighted by Gasteiger charge is 2.22. The van der Waals surface area contributed by atoms with Gasteiger partial charge in [0.05, 0.1) is 12.8 Å². The minimum Gasteiger partial charge on any atom is -0.497 e. The average molecular weight is 391 g/mol. The van der Waals surface area contributed by atoms with Gasteiger partial charge in [-0.15, -0.1) is 12.4 Å². The predicted molar refractivity (Wildman–Crippen MR) is 106 cm³/mol. The number of halogens is 1. The van der Waals surface area contributed by atoms with Crippen molar-refractivity contribution in [3.8, 4) is 5.75 Å². The van der Waals surface area contributed by atoms with Crippen LogP contribution >= 0.6 is 12.4 Å². The van der Waals surface area contributed by atoms with Gasteiger partial charge in [-0.2, -0.15) is 5.10 Å². The Morgan fingerprint density at radius 2 is 2.22 bits per heavy atom. The summed E-state index contributed by atoms with van der Waals surface area (Å²) in [5, 5.41) is 8.07. The molecule has 4 rings (SSSR count). The number of amides is 1. The zero-order valence-electron chi connectivity index (χ0n) is 15.7. The van der Waals surface area contributed by atoms with Crippen molar-refractivity contribution in [1.29, 1.82) is 0 Å². The van der Waals surface area contributed by atoms with E-state index >= 15 is 0 Å². The van der Waals surface area contributed by atoms with Crippen molar-refractivity contribution in [2.24, 2.45) is 0 Å². The number of rotatable bonds is 4. The fourth-order valence-electron chi connectivity index (χ4n) is 3.90. The Labute approximate surface area is 166 Å². The van der Waals surface area contributed by atoms with Crippen molar-refractivity contribution < 1.29 is 9.53 Å². The van der Waals surface area contributed by atoms with E-state index in [-0.39, 0.29) is 18.3 Å². The number of piperidine rings is 1. The minimum absolute atomic E-state index is 0. The Balaban J connectivity index is 0.00000210. The number of hydrogen-bond donors (Lipinski definition) is 1. The van der Waals surface area contributed by atoms with Gasteiger partial charge in [0.2, 0.25) is 5.91 Å². The van der Waals surface area contributed by atoms with Crippen LogP contribution < -0.4 is 10.1 Å². The van der Waals surface area contributed by atoms with Crippen LogP contribution in [0.4, 0.5) is 0 Å². The largest absolute Gasteiger partial charge is 0.497 e. The van der Waals surface area contributed by atoms with Crippen LogP contribution in [0.5, 0.6) is 5.75 Å². The number of benzene rings is 1. The van der Waals surface area contributed by atoms with E-state index in [9.17, 15) is 4.79 Å². The van der Waals surface area contributed by atoms with Gasteiger partial charge in [-0.1, -0.05) is 6.07 Å². The molecule has 1 amide bonds. The molecule has 146 valence electrons. The number of nitrogens with one attached hydrogen (secondary N) is 1. The molecule has 1 saturated heterocycles. The molecule has 6 nitrogen and oxygen atoms in total. The van der Waals surface area contributed by atoms with E-state index in [1.54, 1.807) is 11.8 Å². The lowest BCUT2D eigenvalue weighted by Crippen LogP contribution is -2.38. The molecule has 0 spiro atoms. The molecule has 3 heterocycles. The van der Waals surface area contributed by atoms with E-state index in [4.69, 9.17) is 4.74 Å². The summed E-state index contributed by atoms with van der Waals surface area (Å²) in [5.41, 5.74) is 3.58. The molecule has 2 aliphatic rings. The molecule has 1 N–H and O–H groups in total. The Hall–Kier alpha value is -2.05. The summed E-state index contributed by atoms with van der Waals surface area (Å²) in [6, 6.07) is 8.17. The molecule has 2 aromatic rings. The number of carbonyl (C=O) groups is 1. The molecule has 1 aromatic carbocycles. The molecule has 0 radical (unpaired) electrons. The van der Waals surface area contributed by atoms with E-state index in [1.807, 2.05) is 17.2 Å². The average Bonchev–Trinajstić information content (AvgIpc) is 3.16. The highest BCUT2D eigenvalue weighted by molar-refractivity contribution is 5.85. The standard InChI is InChI=1S/C20H26N4O2.ClH/c1-26-18-5-4-17-13-23(9-6-15(17)11-18)20(25)14-24-10-7-19(22-24)16-3-2-8-21-12-16;/h4-5,7,10-11,16,21H,2-3,6,8-9,12-14H2,1H3;1H. The van der Waals surface area contributed by atoms with Gasteiger partial charge in [0, 0.05) is 31.7 Å². The second-order valence-corrected chi connectivity index (χ2v) is 7.18. The third-order valence-corrected chi connectivity index (χ3v) is 5.45. The molecular formula is C20H27ClN4O2.